The maximum atomic E-state index is 5.03. The Hall–Kier alpha value is -6.33. The first-order chi connectivity index (χ1) is 22.8. The second kappa shape index (κ2) is 12.0. The van der Waals surface area contributed by atoms with Crippen molar-refractivity contribution in [3.8, 4) is 67.9 Å². The molecule has 0 saturated heterocycles. The normalized spacial score (nSPS) is 11.0. The fourth-order valence-electron chi connectivity index (χ4n) is 5.61. The number of nitrogens with zero attached hydrogens (tertiary/aromatic N) is 5. The summed E-state index contributed by atoms with van der Waals surface area (Å²) in [5, 5.41) is 1.02. The molecular weight excluding hydrogens is 562 g/mol. The van der Waals surface area contributed by atoms with Gasteiger partial charge in [0.15, 0.2) is 23.3 Å². The standard InChI is InChI=1S/C41H27N5/c1-4-13-30(14-5-1)38-42-36-22-11-10-21-35(36)37(43-38)29-25-23-28(24-26-29)33-19-12-20-34(27-33)41-45-39(31-15-6-2-7-16-31)44-40(46-41)32-17-8-3-9-18-32/h1-27H. The van der Waals surface area contributed by atoms with Gasteiger partial charge < -0.3 is 0 Å². The van der Waals surface area contributed by atoms with Gasteiger partial charge in [-0.15, -0.1) is 0 Å². The van der Waals surface area contributed by atoms with Crippen molar-refractivity contribution in [2.45, 2.75) is 0 Å². The molecule has 2 aromatic heterocycles. The molecular formula is C41H27N5. The van der Waals surface area contributed by atoms with Crippen LogP contribution in [0.5, 0.6) is 0 Å². The van der Waals surface area contributed by atoms with Crippen molar-refractivity contribution >= 4 is 10.9 Å². The Bertz CT molecular complexity index is 2230. The molecule has 0 fully saturated rings. The van der Waals surface area contributed by atoms with Crippen LogP contribution in [0.2, 0.25) is 0 Å². The molecule has 2 heterocycles. The van der Waals surface area contributed by atoms with Crippen molar-refractivity contribution in [3.63, 3.8) is 0 Å². The van der Waals surface area contributed by atoms with Gasteiger partial charge in [0.25, 0.3) is 0 Å². The van der Waals surface area contributed by atoms with Crippen LogP contribution in [0.1, 0.15) is 0 Å². The van der Waals surface area contributed by atoms with Crippen molar-refractivity contribution in [3.05, 3.63) is 164 Å². The van der Waals surface area contributed by atoms with Crippen molar-refractivity contribution in [1.82, 2.24) is 24.9 Å². The van der Waals surface area contributed by atoms with E-state index >= 15 is 0 Å². The molecule has 0 atom stereocenters. The molecule has 0 spiro atoms. The lowest BCUT2D eigenvalue weighted by Crippen LogP contribution is -2.00. The summed E-state index contributed by atoms with van der Waals surface area (Å²) in [5.74, 6) is 2.64. The second-order valence-corrected chi connectivity index (χ2v) is 11.0. The van der Waals surface area contributed by atoms with Crippen molar-refractivity contribution in [2.75, 3.05) is 0 Å². The van der Waals surface area contributed by atoms with Gasteiger partial charge in [0.05, 0.1) is 11.2 Å². The Morgan fingerprint density at radius 3 is 1.28 bits per heavy atom. The zero-order chi connectivity index (χ0) is 30.7. The summed E-state index contributed by atoms with van der Waals surface area (Å²) in [7, 11) is 0. The summed E-state index contributed by atoms with van der Waals surface area (Å²) in [6, 6.07) is 55.3. The van der Waals surface area contributed by atoms with Gasteiger partial charge in [-0.05, 0) is 23.3 Å². The molecule has 0 aliphatic rings. The summed E-state index contributed by atoms with van der Waals surface area (Å²) in [5.41, 5.74) is 8.85. The quantitative estimate of drug-likeness (QED) is 0.193. The third-order valence-electron chi connectivity index (χ3n) is 7.95. The van der Waals surface area contributed by atoms with Crippen LogP contribution >= 0.6 is 0 Å². The van der Waals surface area contributed by atoms with Gasteiger partial charge >= 0.3 is 0 Å². The van der Waals surface area contributed by atoms with Crippen LogP contribution in [0.15, 0.2) is 164 Å². The highest BCUT2D eigenvalue weighted by Gasteiger charge is 2.14. The maximum absolute atomic E-state index is 5.03. The highest BCUT2D eigenvalue weighted by Crippen LogP contribution is 2.32. The molecule has 8 aromatic rings. The van der Waals surface area contributed by atoms with Gasteiger partial charge in [0.1, 0.15) is 0 Å². The van der Waals surface area contributed by atoms with Crippen LogP contribution < -0.4 is 0 Å². The zero-order valence-corrected chi connectivity index (χ0v) is 24.8. The molecule has 5 nitrogen and oxygen atoms in total. The Labute approximate surface area is 267 Å². The van der Waals surface area contributed by atoms with E-state index in [1.54, 1.807) is 0 Å². The first-order valence-electron chi connectivity index (χ1n) is 15.2. The van der Waals surface area contributed by atoms with Crippen LogP contribution in [-0.4, -0.2) is 24.9 Å². The Morgan fingerprint density at radius 2 is 0.696 bits per heavy atom. The molecule has 0 bridgehead atoms. The molecule has 0 N–H and O–H groups in total. The largest absolute Gasteiger partial charge is 0.228 e. The van der Waals surface area contributed by atoms with Gasteiger partial charge in [-0.1, -0.05) is 152 Å². The average Bonchev–Trinajstić information content (AvgIpc) is 3.15. The fourth-order valence-corrected chi connectivity index (χ4v) is 5.61. The van der Waals surface area contributed by atoms with Crippen molar-refractivity contribution < 1.29 is 0 Å². The maximum Gasteiger partial charge on any atom is 0.164 e. The lowest BCUT2D eigenvalue weighted by atomic mass is 9.99. The van der Waals surface area contributed by atoms with Crippen LogP contribution in [0.3, 0.4) is 0 Å². The van der Waals surface area contributed by atoms with E-state index in [1.807, 2.05) is 109 Å². The molecule has 0 aliphatic carbocycles. The number of para-hydroxylation sites is 1. The molecule has 8 rings (SSSR count). The highest BCUT2D eigenvalue weighted by molar-refractivity contribution is 5.94. The minimum absolute atomic E-state index is 0.632. The number of aromatic nitrogens is 5. The molecule has 0 unspecified atom stereocenters. The topological polar surface area (TPSA) is 64.5 Å². The molecule has 0 amide bonds. The van der Waals surface area contributed by atoms with E-state index in [4.69, 9.17) is 24.9 Å². The summed E-state index contributed by atoms with van der Waals surface area (Å²) in [6.45, 7) is 0. The van der Waals surface area contributed by atoms with Gasteiger partial charge in [0.2, 0.25) is 0 Å². The fraction of sp³-hybridized carbons (Fsp3) is 0. The van der Waals surface area contributed by atoms with E-state index in [0.29, 0.717) is 23.3 Å². The number of benzene rings is 6. The Kier molecular flexibility index (Phi) is 7.09. The predicted molar refractivity (Wildman–Crippen MR) is 186 cm³/mol. The smallest absolute Gasteiger partial charge is 0.164 e. The van der Waals surface area contributed by atoms with Crippen molar-refractivity contribution in [2.24, 2.45) is 0 Å². The van der Waals surface area contributed by atoms with Crippen LogP contribution in [-0.2, 0) is 0 Å². The molecule has 216 valence electrons. The molecule has 0 radical (unpaired) electrons. The first-order valence-corrected chi connectivity index (χ1v) is 15.2. The number of fused-ring (bicyclic) bond motifs is 1. The van der Waals surface area contributed by atoms with Gasteiger partial charge in [-0.3, -0.25) is 0 Å². The van der Waals surface area contributed by atoms with E-state index in [9.17, 15) is 0 Å². The van der Waals surface area contributed by atoms with E-state index in [0.717, 1.165) is 55.5 Å². The molecule has 46 heavy (non-hydrogen) atoms. The lowest BCUT2D eigenvalue weighted by molar-refractivity contribution is 1.07. The number of hydrogen-bond donors (Lipinski definition) is 0. The minimum Gasteiger partial charge on any atom is -0.228 e. The van der Waals surface area contributed by atoms with E-state index in [2.05, 4.69) is 54.6 Å². The summed E-state index contributed by atoms with van der Waals surface area (Å²) < 4.78 is 0. The summed E-state index contributed by atoms with van der Waals surface area (Å²) >= 11 is 0. The minimum atomic E-state index is 0.632. The summed E-state index contributed by atoms with van der Waals surface area (Å²) in [6.07, 6.45) is 0. The third kappa shape index (κ3) is 5.42. The van der Waals surface area contributed by atoms with E-state index in [-0.39, 0.29) is 0 Å². The van der Waals surface area contributed by atoms with Gasteiger partial charge in [-0.2, -0.15) is 0 Å². The van der Waals surface area contributed by atoms with E-state index < -0.39 is 0 Å². The number of hydrogen-bond acceptors (Lipinski definition) is 5. The Balaban J connectivity index is 1.18. The lowest BCUT2D eigenvalue weighted by Gasteiger charge is -2.11. The number of rotatable bonds is 6. The molecule has 0 saturated carbocycles. The average molecular weight is 590 g/mol. The molecule has 0 aliphatic heterocycles. The van der Waals surface area contributed by atoms with Crippen LogP contribution in [0.25, 0.3) is 78.8 Å². The second-order valence-electron chi connectivity index (χ2n) is 11.0. The highest BCUT2D eigenvalue weighted by atomic mass is 15.0. The van der Waals surface area contributed by atoms with Gasteiger partial charge in [-0.25, -0.2) is 24.9 Å². The third-order valence-corrected chi connectivity index (χ3v) is 7.95. The predicted octanol–water partition coefficient (Wildman–Crippen LogP) is 9.82. The molecule has 5 heteroatoms. The van der Waals surface area contributed by atoms with Gasteiger partial charge in [0, 0.05) is 33.2 Å². The summed E-state index contributed by atoms with van der Waals surface area (Å²) in [4.78, 5) is 24.5. The first kappa shape index (κ1) is 27.2. The monoisotopic (exact) mass is 589 g/mol. The van der Waals surface area contributed by atoms with Crippen LogP contribution in [0, 0.1) is 0 Å². The van der Waals surface area contributed by atoms with Crippen LogP contribution in [0.4, 0.5) is 0 Å². The van der Waals surface area contributed by atoms with Crippen molar-refractivity contribution in [1.29, 1.82) is 0 Å². The molecule has 6 aromatic carbocycles. The SMILES string of the molecule is c1ccc(-c2nc(-c3ccccc3)nc(-c3cccc(-c4ccc(-c5nc(-c6ccccc6)nc6ccccc56)cc4)c3)n2)cc1. The zero-order valence-electron chi connectivity index (χ0n) is 24.8. The Morgan fingerprint density at radius 1 is 0.261 bits per heavy atom. The van der Waals surface area contributed by atoms with E-state index in [1.165, 1.54) is 0 Å².